The Hall–Kier alpha value is -2.24. The van der Waals surface area contributed by atoms with Crippen LogP contribution in [0, 0.1) is 28.5 Å². The Morgan fingerprint density at radius 2 is 2.14 bits per heavy atom. The molecule has 0 radical (unpaired) electrons. The second-order valence-electron chi connectivity index (χ2n) is 8.46. The first-order chi connectivity index (χ1) is 13.9. The summed E-state index contributed by atoms with van der Waals surface area (Å²) in [7, 11) is 0. The SMILES string of the molecule is CC1CCC(OOC(=O)C23CC(C2)C3)c2c1c(C#N)nn2-c1ccc(F)c(Br)c1. The van der Waals surface area contributed by atoms with Gasteiger partial charge >= 0.3 is 5.97 Å². The van der Waals surface area contributed by atoms with Crippen molar-refractivity contribution in [1.29, 1.82) is 5.26 Å². The summed E-state index contributed by atoms with van der Waals surface area (Å²) in [6.07, 6.45) is 3.56. The Kier molecular flexibility index (Phi) is 4.30. The van der Waals surface area contributed by atoms with Crippen molar-refractivity contribution in [2.45, 2.75) is 51.0 Å². The molecule has 2 unspecified atom stereocenters. The number of carbonyl (C=O) groups is 1. The number of aromatic nitrogens is 2. The van der Waals surface area contributed by atoms with Crippen LogP contribution in [0.3, 0.4) is 0 Å². The van der Waals surface area contributed by atoms with Crippen molar-refractivity contribution in [3.8, 4) is 11.8 Å². The molecule has 3 saturated carbocycles. The molecular weight excluding hydrogens is 441 g/mol. The minimum absolute atomic E-state index is 0.116. The van der Waals surface area contributed by atoms with E-state index in [-0.39, 0.29) is 23.1 Å². The molecule has 2 atom stereocenters. The maximum Gasteiger partial charge on any atom is 0.348 e. The van der Waals surface area contributed by atoms with Crippen molar-refractivity contribution in [2.24, 2.45) is 11.3 Å². The number of rotatable bonds is 4. The lowest BCUT2D eigenvalue weighted by atomic mass is 9.44. The van der Waals surface area contributed by atoms with Gasteiger partial charge in [0.1, 0.15) is 18.0 Å². The van der Waals surface area contributed by atoms with Gasteiger partial charge in [0, 0.05) is 5.56 Å². The Balaban J connectivity index is 1.49. The monoisotopic (exact) mass is 459 g/mol. The second-order valence-corrected chi connectivity index (χ2v) is 9.32. The number of halogens is 2. The van der Waals surface area contributed by atoms with Crippen LogP contribution >= 0.6 is 15.9 Å². The predicted molar refractivity (Wildman–Crippen MR) is 103 cm³/mol. The molecule has 4 aliphatic rings. The molecule has 0 N–H and O–H groups in total. The first-order valence-corrected chi connectivity index (χ1v) is 10.6. The third-order valence-corrected chi connectivity index (χ3v) is 7.19. The van der Waals surface area contributed by atoms with Gasteiger partial charge in [-0.1, -0.05) is 6.92 Å². The molecule has 29 heavy (non-hydrogen) atoms. The highest BCUT2D eigenvalue weighted by atomic mass is 79.9. The highest BCUT2D eigenvalue weighted by Crippen LogP contribution is 2.65. The van der Waals surface area contributed by atoms with Gasteiger partial charge in [0.25, 0.3) is 0 Å². The zero-order valence-electron chi connectivity index (χ0n) is 15.8. The van der Waals surface area contributed by atoms with Crippen molar-refractivity contribution in [3.63, 3.8) is 0 Å². The predicted octanol–water partition coefficient (Wildman–Crippen LogP) is 4.86. The lowest BCUT2D eigenvalue weighted by Gasteiger charge is -2.58. The van der Waals surface area contributed by atoms with Crippen LogP contribution in [0.25, 0.3) is 5.69 Å². The third kappa shape index (κ3) is 2.82. The fraction of sp³-hybridized carbons (Fsp3) is 0.476. The number of carbonyl (C=O) groups excluding carboxylic acids is 1. The van der Waals surface area contributed by atoms with E-state index in [1.54, 1.807) is 16.8 Å². The van der Waals surface area contributed by atoms with Gasteiger partial charge in [-0.25, -0.2) is 13.9 Å². The number of benzene rings is 1. The van der Waals surface area contributed by atoms with E-state index in [1.807, 2.05) is 6.92 Å². The van der Waals surface area contributed by atoms with Gasteiger partial charge in [-0.2, -0.15) is 15.2 Å². The fourth-order valence-electron chi connectivity index (χ4n) is 4.83. The molecule has 8 heteroatoms. The minimum Gasteiger partial charge on any atom is -0.297 e. The van der Waals surface area contributed by atoms with E-state index >= 15 is 0 Å². The molecule has 0 saturated heterocycles. The molecule has 0 amide bonds. The van der Waals surface area contributed by atoms with Crippen molar-refractivity contribution < 1.29 is 19.0 Å². The van der Waals surface area contributed by atoms with E-state index in [0.717, 1.165) is 31.2 Å². The minimum atomic E-state index is -0.532. The Morgan fingerprint density at radius 1 is 1.38 bits per heavy atom. The van der Waals surface area contributed by atoms with E-state index in [0.29, 0.717) is 33.9 Å². The highest BCUT2D eigenvalue weighted by Gasteiger charge is 2.63. The molecule has 1 aromatic carbocycles. The van der Waals surface area contributed by atoms with E-state index in [1.165, 1.54) is 6.07 Å². The molecule has 6 rings (SSSR count). The van der Waals surface area contributed by atoms with Crippen LogP contribution in [0.15, 0.2) is 22.7 Å². The molecular formula is C21H19BrFN3O3. The summed E-state index contributed by atoms with van der Waals surface area (Å²) >= 11 is 3.20. The summed E-state index contributed by atoms with van der Waals surface area (Å²) in [6.45, 7) is 2.04. The quantitative estimate of drug-likeness (QED) is 0.481. The lowest BCUT2D eigenvalue weighted by molar-refractivity contribution is -0.323. The zero-order valence-corrected chi connectivity index (χ0v) is 17.4. The fourth-order valence-corrected chi connectivity index (χ4v) is 5.20. The summed E-state index contributed by atoms with van der Waals surface area (Å²) in [4.78, 5) is 23.3. The van der Waals surface area contributed by atoms with Crippen LogP contribution in [0.1, 0.15) is 68.0 Å². The van der Waals surface area contributed by atoms with Crippen LogP contribution in [0.5, 0.6) is 0 Å². The molecule has 4 aliphatic carbocycles. The zero-order chi connectivity index (χ0) is 20.3. The maximum absolute atomic E-state index is 13.7. The van der Waals surface area contributed by atoms with Crippen molar-refractivity contribution in [3.05, 3.63) is 45.4 Å². The third-order valence-electron chi connectivity index (χ3n) is 6.58. The first kappa shape index (κ1) is 18.8. The van der Waals surface area contributed by atoms with Crippen molar-refractivity contribution in [1.82, 2.24) is 9.78 Å². The number of nitrogens with zero attached hydrogens (tertiary/aromatic N) is 3. The molecule has 1 aromatic heterocycles. The van der Waals surface area contributed by atoms with Gasteiger partial charge in [0.15, 0.2) is 5.69 Å². The summed E-state index contributed by atoms with van der Waals surface area (Å²) in [5, 5.41) is 14.1. The summed E-state index contributed by atoms with van der Waals surface area (Å²) in [5.74, 6) is 0.104. The average molecular weight is 460 g/mol. The van der Waals surface area contributed by atoms with Crippen LogP contribution in [0.4, 0.5) is 4.39 Å². The molecule has 6 nitrogen and oxygen atoms in total. The molecule has 0 aliphatic heterocycles. The van der Waals surface area contributed by atoms with Crippen LogP contribution < -0.4 is 0 Å². The van der Waals surface area contributed by atoms with E-state index in [9.17, 15) is 14.4 Å². The van der Waals surface area contributed by atoms with Crippen molar-refractivity contribution in [2.75, 3.05) is 0 Å². The number of hydrogen-bond acceptors (Lipinski definition) is 5. The number of fused-ring (bicyclic) bond motifs is 1. The van der Waals surface area contributed by atoms with E-state index in [4.69, 9.17) is 9.78 Å². The van der Waals surface area contributed by atoms with Crippen molar-refractivity contribution >= 4 is 21.9 Å². The Labute approximate surface area is 175 Å². The normalized spacial score (nSPS) is 29.2. The lowest BCUT2D eigenvalue weighted by Crippen LogP contribution is -2.57. The van der Waals surface area contributed by atoms with E-state index in [2.05, 4.69) is 27.1 Å². The highest BCUT2D eigenvalue weighted by molar-refractivity contribution is 9.10. The second kappa shape index (κ2) is 6.64. The Bertz CT molecular complexity index is 1040. The Morgan fingerprint density at radius 3 is 2.76 bits per heavy atom. The van der Waals surface area contributed by atoms with Crippen LogP contribution in [0.2, 0.25) is 0 Å². The topological polar surface area (TPSA) is 77.1 Å². The summed E-state index contributed by atoms with van der Waals surface area (Å²) in [6, 6.07) is 6.69. The summed E-state index contributed by atoms with van der Waals surface area (Å²) < 4.78 is 15.6. The van der Waals surface area contributed by atoms with Gasteiger partial charge in [-0.05, 0) is 78.1 Å². The maximum atomic E-state index is 13.7. The molecule has 1 heterocycles. The molecule has 0 spiro atoms. The first-order valence-electron chi connectivity index (χ1n) is 9.78. The van der Waals surface area contributed by atoms with Gasteiger partial charge in [0.2, 0.25) is 0 Å². The number of nitriles is 1. The van der Waals surface area contributed by atoms with Gasteiger partial charge in [-0.3, -0.25) is 4.89 Å². The standard InChI is InChI=1S/C21H19BrFN3O3/c1-11-2-5-17(28-29-20(27)21-7-12(8-21)9-21)19-18(11)16(10-24)25-26(19)13-3-4-15(23)14(22)6-13/h3-4,6,11-12,17H,2,5,7-9H2,1H3. The molecule has 2 aromatic rings. The summed E-state index contributed by atoms with van der Waals surface area (Å²) in [5.41, 5.74) is 2.06. The van der Waals surface area contributed by atoms with Gasteiger partial charge in [-0.15, -0.1) is 0 Å². The number of hydrogen-bond donors (Lipinski definition) is 0. The van der Waals surface area contributed by atoms with Gasteiger partial charge < -0.3 is 0 Å². The van der Waals surface area contributed by atoms with E-state index < -0.39 is 6.10 Å². The van der Waals surface area contributed by atoms with Gasteiger partial charge in [0.05, 0.1) is 21.3 Å². The van der Waals surface area contributed by atoms with Crippen LogP contribution in [-0.4, -0.2) is 15.7 Å². The average Bonchev–Trinajstić information content (AvgIpc) is 3.02. The van der Waals surface area contributed by atoms with Crippen LogP contribution in [-0.2, 0) is 14.6 Å². The molecule has 3 fully saturated rings. The largest absolute Gasteiger partial charge is 0.348 e. The molecule has 2 bridgehead atoms. The smallest absolute Gasteiger partial charge is 0.297 e. The molecule has 150 valence electrons.